The van der Waals surface area contributed by atoms with Crippen LogP contribution in [0.3, 0.4) is 0 Å². The summed E-state index contributed by atoms with van der Waals surface area (Å²) >= 11 is 0. The third-order valence-corrected chi connectivity index (χ3v) is 2.56. The largest absolute Gasteiger partial charge is 0.481 e. The minimum atomic E-state index is -0.734. The zero-order chi connectivity index (χ0) is 11.4. The second-order valence-corrected chi connectivity index (χ2v) is 4.13. The molecule has 0 aliphatic carbocycles. The molecule has 15 heavy (non-hydrogen) atoms. The van der Waals surface area contributed by atoms with Gasteiger partial charge in [0.15, 0.2) is 0 Å². The van der Waals surface area contributed by atoms with E-state index in [-0.39, 0.29) is 11.8 Å². The van der Waals surface area contributed by atoms with Crippen LogP contribution in [0.2, 0.25) is 0 Å². The number of aliphatic carboxylic acids is 1. The van der Waals surface area contributed by atoms with E-state index in [0.717, 1.165) is 5.56 Å². The number of carboxylic acids is 1. The molecule has 0 aromatic heterocycles. The van der Waals surface area contributed by atoms with Crippen LogP contribution in [0.5, 0.6) is 0 Å². The van der Waals surface area contributed by atoms with Crippen molar-refractivity contribution >= 4 is 11.7 Å². The number of benzene rings is 1. The van der Waals surface area contributed by atoms with Crippen LogP contribution in [0.4, 0.5) is 5.69 Å². The maximum Gasteiger partial charge on any atom is 0.307 e. The third kappa shape index (κ3) is 3.27. The average molecular weight is 207 g/mol. The number of hydrogen-bond acceptors (Lipinski definition) is 2. The lowest BCUT2D eigenvalue weighted by molar-refractivity contribution is -0.143. The molecular weight excluding hydrogens is 190 g/mol. The molecule has 0 bridgehead atoms. The summed E-state index contributed by atoms with van der Waals surface area (Å²) in [6, 6.07) is 7.37. The predicted octanol–water partition coefficient (Wildman–Crippen LogP) is 2.17. The van der Waals surface area contributed by atoms with E-state index in [1.807, 2.05) is 26.0 Å². The van der Waals surface area contributed by atoms with Gasteiger partial charge in [-0.15, -0.1) is 0 Å². The quantitative estimate of drug-likeness (QED) is 0.744. The van der Waals surface area contributed by atoms with E-state index in [1.54, 1.807) is 12.1 Å². The van der Waals surface area contributed by atoms with E-state index in [1.165, 1.54) is 0 Å². The molecule has 1 unspecified atom stereocenters. The van der Waals surface area contributed by atoms with Crippen LogP contribution < -0.4 is 5.73 Å². The lowest BCUT2D eigenvalue weighted by atomic mass is 9.89. The van der Waals surface area contributed by atoms with Crippen LogP contribution >= 0.6 is 0 Å². The number of carbonyl (C=O) groups is 1. The second-order valence-electron chi connectivity index (χ2n) is 4.13. The number of nitrogen functional groups attached to an aromatic ring is 1. The molecule has 1 aromatic rings. The zero-order valence-corrected chi connectivity index (χ0v) is 9.10. The van der Waals surface area contributed by atoms with Gasteiger partial charge in [0, 0.05) is 5.69 Å². The summed E-state index contributed by atoms with van der Waals surface area (Å²) in [4.78, 5) is 11.0. The predicted molar refractivity (Wildman–Crippen MR) is 60.5 cm³/mol. The monoisotopic (exact) mass is 207 g/mol. The molecule has 1 atom stereocenters. The zero-order valence-electron chi connectivity index (χ0n) is 9.10. The Morgan fingerprint density at radius 1 is 1.33 bits per heavy atom. The molecule has 3 N–H and O–H groups in total. The summed E-state index contributed by atoms with van der Waals surface area (Å²) in [5.74, 6) is -0.921. The molecule has 0 radical (unpaired) electrons. The minimum Gasteiger partial charge on any atom is -0.481 e. The lowest BCUT2D eigenvalue weighted by Crippen LogP contribution is -2.22. The third-order valence-electron chi connectivity index (χ3n) is 2.56. The van der Waals surface area contributed by atoms with Gasteiger partial charge in [-0.25, -0.2) is 0 Å². The minimum absolute atomic E-state index is 0.139. The Hall–Kier alpha value is -1.51. The van der Waals surface area contributed by atoms with Gasteiger partial charge in [0.05, 0.1) is 5.92 Å². The van der Waals surface area contributed by atoms with Gasteiger partial charge in [-0.1, -0.05) is 26.0 Å². The highest BCUT2D eigenvalue weighted by molar-refractivity contribution is 5.70. The molecule has 0 aliphatic rings. The molecule has 1 rings (SSSR count). The van der Waals surface area contributed by atoms with E-state index in [2.05, 4.69) is 0 Å². The van der Waals surface area contributed by atoms with Gasteiger partial charge in [-0.2, -0.15) is 0 Å². The normalized spacial score (nSPS) is 12.7. The van der Waals surface area contributed by atoms with Crippen molar-refractivity contribution in [3.63, 3.8) is 0 Å². The first kappa shape index (κ1) is 11.6. The fourth-order valence-electron chi connectivity index (χ4n) is 1.52. The Morgan fingerprint density at radius 2 is 1.87 bits per heavy atom. The van der Waals surface area contributed by atoms with E-state index in [4.69, 9.17) is 10.8 Å². The lowest BCUT2D eigenvalue weighted by Gasteiger charge is -2.15. The molecule has 0 heterocycles. The summed E-state index contributed by atoms with van der Waals surface area (Å²) < 4.78 is 0. The second kappa shape index (κ2) is 4.82. The van der Waals surface area contributed by atoms with Gasteiger partial charge < -0.3 is 10.8 Å². The molecule has 0 saturated carbocycles. The first-order chi connectivity index (χ1) is 7.00. The molecule has 1 aromatic carbocycles. The van der Waals surface area contributed by atoms with Gasteiger partial charge in [-0.05, 0) is 30.0 Å². The van der Waals surface area contributed by atoms with Crippen molar-refractivity contribution in [2.75, 3.05) is 5.73 Å². The topological polar surface area (TPSA) is 63.3 Å². The summed E-state index contributed by atoms with van der Waals surface area (Å²) in [5.41, 5.74) is 7.28. The standard InChI is InChI=1S/C12H17NO2/c1-8(2)11(12(14)15)7-9-3-5-10(13)6-4-9/h3-6,8,11H,7,13H2,1-2H3,(H,14,15). The molecule has 82 valence electrons. The van der Waals surface area contributed by atoms with Crippen molar-refractivity contribution < 1.29 is 9.90 Å². The maximum absolute atomic E-state index is 11.0. The summed E-state index contributed by atoms with van der Waals surface area (Å²) in [7, 11) is 0. The van der Waals surface area contributed by atoms with Crippen molar-refractivity contribution in [1.82, 2.24) is 0 Å². The van der Waals surface area contributed by atoms with Gasteiger partial charge in [0.25, 0.3) is 0 Å². The molecule has 3 nitrogen and oxygen atoms in total. The summed E-state index contributed by atoms with van der Waals surface area (Å²) in [6.45, 7) is 3.85. The summed E-state index contributed by atoms with van der Waals surface area (Å²) in [6.07, 6.45) is 0.563. The Balaban J connectivity index is 2.74. The van der Waals surface area contributed by atoms with Crippen LogP contribution in [0.1, 0.15) is 19.4 Å². The fourth-order valence-corrected chi connectivity index (χ4v) is 1.52. The highest BCUT2D eigenvalue weighted by Crippen LogP contribution is 2.18. The van der Waals surface area contributed by atoms with E-state index in [9.17, 15) is 4.79 Å². The molecule has 0 fully saturated rings. The molecule has 0 aliphatic heterocycles. The first-order valence-electron chi connectivity index (χ1n) is 5.08. The van der Waals surface area contributed by atoms with E-state index in [0.29, 0.717) is 12.1 Å². The molecular formula is C12H17NO2. The number of anilines is 1. The maximum atomic E-state index is 11.0. The average Bonchev–Trinajstić information content (AvgIpc) is 2.15. The fraction of sp³-hybridized carbons (Fsp3) is 0.417. The number of carboxylic acid groups (broad SMARTS) is 1. The van der Waals surface area contributed by atoms with Crippen molar-refractivity contribution in [2.45, 2.75) is 20.3 Å². The van der Waals surface area contributed by atoms with Crippen molar-refractivity contribution in [3.8, 4) is 0 Å². The van der Waals surface area contributed by atoms with Crippen molar-refractivity contribution in [3.05, 3.63) is 29.8 Å². The van der Waals surface area contributed by atoms with E-state index < -0.39 is 5.97 Å². The Labute approximate surface area is 89.9 Å². The van der Waals surface area contributed by atoms with E-state index >= 15 is 0 Å². The molecule has 0 amide bonds. The Morgan fingerprint density at radius 3 is 2.27 bits per heavy atom. The van der Waals surface area contributed by atoms with Crippen LogP contribution in [0.15, 0.2) is 24.3 Å². The first-order valence-corrected chi connectivity index (χ1v) is 5.08. The highest BCUT2D eigenvalue weighted by Gasteiger charge is 2.21. The van der Waals surface area contributed by atoms with Crippen LogP contribution in [-0.4, -0.2) is 11.1 Å². The number of hydrogen-bond donors (Lipinski definition) is 2. The van der Waals surface area contributed by atoms with Crippen molar-refractivity contribution in [2.24, 2.45) is 11.8 Å². The van der Waals surface area contributed by atoms with Crippen molar-refractivity contribution in [1.29, 1.82) is 0 Å². The van der Waals surface area contributed by atoms with Gasteiger partial charge in [0.2, 0.25) is 0 Å². The van der Waals surface area contributed by atoms with Crippen LogP contribution in [-0.2, 0) is 11.2 Å². The Bertz CT molecular complexity index is 330. The van der Waals surface area contributed by atoms with Gasteiger partial charge in [0.1, 0.15) is 0 Å². The molecule has 0 spiro atoms. The SMILES string of the molecule is CC(C)C(Cc1ccc(N)cc1)C(=O)O. The smallest absolute Gasteiger partial charge is 0.307 e. The molecule has 3 heteroatoms. The highest BCUT2D eigenvalue weighted by atomic mass is 16.4. The molecule has 0 saturated heterocycles. The number of nitrogens with two attached hydrogens (primary N) is 1. The van der Waals surface area contributed by atoms with Crippen LogP contribution in [0.25, 0.3) is 0 Å². The Kier molecular flexibility index (Phi) is 3.72. The van der Waals surface area contributed by atoms with Gasteiger partial charge >= 0.3 is 5.97 Å². The van der Waals surface area contributed by atoms with Gasteiger partial charge in [-0.3, -0.25) is 4.79 Å². The van der Waals surface area contributed by atoms with Crippen LogP contribution in [0, 0.1) is 11.8 Å². The number of rotatable bonds is 4. The summed E-state index contributed by atoms with van der Waals surface area (Å²) in [5, 5.41) is 9.03.